The molecule has 0 saturated carbocycles. The highest BCUT2D eigenvalue weighted by Crippen LogP contribution is 2.36. The van der Waals surface area contributed by atoms with Gasteiger partial charge in [0.2, 0.25) is 0 Å². The SMILES string of the molecule is CCCCC(=C(c1ccc(O)cc1)c1ccc(O)cc1)c1ccc(O)cc1. The van der Waals surface area contributed by atoms with Gasteiger partial charge in [-0.25, -0.2) is 0 Å². The molecule has 138 valence electrons. The summed E-state index contributed by atoms with van der Waals surface area (Å²) in [7, 11) is 0. The normalized spacial score (nSPS) is 10.6. The first kappa shape index (κ1) is 18.6. The molecule has 27 heavy (non-hydrogen) atoms. The van der Waals surface area contributed by atoms with Gasteiger partial charge in [0.1, 0.15) is 17.2 Å². The third-order valence-electron chi connectivity index (χ3n) is 4.61. The molecular formula is C24H24O3. The lowest BCUT2D eigenvalue weighted by Gasteiger charge is -2.18. The lowest BCUT2D eigenvalue weighted by atomic mass is 9.87. The van der Waals surface area contributed by atoms with Crippen LogP contribution in [0.2, 0.25) is 0 Å². The summed E-state index contributed by atoms with van der Waals surface area (Å²) in [6.45, 7) is 2.16. The summed E-state index contributed by atoms with van der Waals surface area (Å²) >= 11 is 0. The van der Waals surface area contributed by atoms with Crippen LogP contribution >= 0.6 is 0 Å². The monoisotopic (exact) mass is 360 g/mol. The van der Waals surface area contributed by atoms with Crippen molar-refractivity contribution in [2.24, 2.45) is 0 Å². The number of hydrogen-bond donors (Lipinski definition) is 3. The maximum Gasteiger partial charge on any atom is 0.115 e. The largest absolute Gasteiger partial charge is 0.508 e. The van der Waals surface area contributed by atoms with Gasteiger partial charge in [-0.05, 0) is 77.1 Å². The summed E-state index contributed by atoms with van der Waals surface area (Å²) in [4.78, 5) is 0. The standard InChI is InChI=1S/C24H24O3/c1-2-3-4-23(17-5-11-20(25)12-6-17)24(18-7-13-21(26)14-8-18)19-9-15-22(27)16-10-19/h5-16,25-27H,2-4H2,1H3. The molecule has 0 bridgehead atoms. The van der Waals surface area contributed by atoms with E-state index in [0.717, 1.165) is 41.5 Å². The van der Waals surface area contributed by atoms with Gasteiger partial charge < -0.3 is 15.3 Å². The Labute approximate surface area is 159 Å². The van der Waals surface area contributed by atoms with Crippen LogP contribution in [-0.4, -0.2) is 15.3 Å². The van der Waals surface area contributed by atoms with E-state index in [1.807, 2.05) is 36.4 Å². The highest BCUT2D eigenvalue weighted by molar-refractivity contribution is 5.98. The number of hydrogen-bond acceptors (Lipinski definition) is 3. The second kappa shape index (κ2) is 8.45. The van der Waals surface area contributed by atoms with Crippen LogP contribution in [0.3, 0.4) is 0 Å². The summed E-state index contributed by atoms with van der Waals surface area (Å²) in [5, 5.41) is 29.1. The van der Waals surface area contributed by atoms with Crippen molar-refractivity contribution in [3.8, 4) is 17.2 Å². The van der Waals surface area contributed by atoms with Crippen LogP contribution < -0.4 is 0 Å². The van der Waals surface area contributed by atoms with Crippen molar-refractivity contribution in [1.29, 1.82) is 0 Å². The molecule has 0 aliphatic rings. The van der Waals surface area contributed by atoms with Gasteiger partial charge in [-0.15, -0.1) is 0 Å². The summed E-state index contributed by atoms with van der Waals surface area (Å²) in [5.41, 5.74) is 5.29. The van der Waals surface area contributed by atoms with Crippen molar-refractivity contribution in [2.45, 2.75) is 26.2 Å². The second-order valence-electron chi connectivity index (χ2n) is 6.60. The lowest BCUT2D eigenvalue weighted by molar-refractivity contribution is 0.474. The van der Waals surface area contributed by atoms with Crippen molar-refractivity contribution < 1.29 is 15.3 Å². The zero-order valence-electron chi connectivity index (χ0n) is 15.4. The van der Waals surface area contributed by atoms with Crippen LogP contribution in [-0.2, 0) is 0 Å². The summed E-state index contributed by atoms with van der Waals surface area (Å²) in [5.74, 6) is 0.691. The van der Waals surface area contributed by atoms with E-state index in [-0.39, 0.29) is 17.2 Å². The molecule has 3 heteroatoms. The van der Waals surface area contributed by atoms with E-state index in [9.17, 15) is 15.3 Å². The minimum Gasteiger partial charge on any atom is -0.508 e. The minimum atomic E-state index is 0.226. The smallest absolute Gasteiger partial charge is 0.115 e. The van der Waals surface area contributed by atoms with Gasteiger partial charge >= 0.3 is 0 Å². The van der Waals surface area contributed by atoms with E-state index in [4.69, 9.17) is 0 Å². The molecule has 0 saturated heterocycles. The predicted octanol–water partition coefficient (Wildman–Crippen LogP) is 5.95. The Hall–Kier alpha value is -3.20. The van der Waals surface area contributed by atoms with Crippen LogP contribution in [0.1, 0.15) is 42.9 Å². The number of rotatable bonds is 6. The molecule has 0 unspecified atom stereocenters. The number of phenols is 3. The number of phenolic OH excluding ortho intramolecular Hbond substituents is 3. The fourth-order valence-electron chi connectivity index (χ4n) is 3.20. The molecule has 0 aromatic heterocycles. The van der Waals surface area contributed by atoms with Crippen molar-refractivity contribution in [3.05, 3.63) is 89.5 Å². The Kier molecular flexibility index (Phi) is 5.82. The average molecular weight is 360 g/mol. The molecule has 0 aliphatic carbocycles. The Morgan fingerprint density at radius 3 is 1.33 bits per heavy atom. The van der Waals surface area contributed by atoms with Gasteiger partial charge in [-0.2, -0.15) is 0 Å². The van der Waals surface area contributed by atoms with Crippen LogP contribution in [0, 0.1) is 0 Å². The second-order valence-corrected chi connectivity index (χ2v) is 6.60. The predicted molar refractivity (Wildman–Crippen MR) is 110 cm³/mol. The molecule has 3 rings (SSSR count). The van der Waals surface area contributed by atoms with Gasteiger partial charge in [0, 0.05) is 0 Å². The Balaban J connectivity index is 2.25. The van der Waals surface area contributed by atoms with Gasteiger partial charge in [0.25, 0.3) is 0 Å². The molecule has 3 nitrogen and oxygen atoms in total. The number of benzene rings is 3. The highest BCUT2D eigenvalue weighted by Gasteiger charge is 2.14. The van der Waals surface area contributed by atoms with Gasteiger partial charge in [-0.1, -0.05) is 49.7 Å². The Morgan fingerprint density at radius 1 is 0.593 bits per heavy atom. The van der Waals surface area contributed by atoms with E-state index in [0.29, 0.717) is 0 Å². The highest BCUT2D eigenvalue weighted by atomic mass is 16.3. The molecular weight excluding hydrogens is 336 g/mol. The van der Waals surface area contributed by atoms with Crippen molar-refractivity contribution in [3.63, 3.8) is 0 Å². The first-order valence-electron chi connectivity index (χ1n) is 9.20. The van der Waals surface area contributed by atoms with Crippen LogP contribution in [0.4, 0.5) is 0 Å². The number of aromatic hydroxyl groups is 3. The Bertz CT molecular complexity index is 858. The van der Waals surface area contributed by atoms with E-state index in [1.165, 1.54) is 5.57 Å². The quantitative estimate of drug-likeness (QED) is 0.476. The van der Waals surface area contributed by atoms with Crippen LogP contribution in [0.15, 0.2) is 72.8 Å². The maximum absolute atomic E-state index is 9.70. The first-order valence-corrected chi connectivity index (χ1v) is 9.20. The topological polar surface area (TPSA) is 60.7 Å². The molecule has 0 radical (unpaired) electrons. The lowest BCUT2D eigenvalue weighted by Crippen LogP contribution is -1.96. The zero-order chi connectivity index (χ0) is 19.2. The summed E-state index contributed by atoms with van der Waals surface area (Å²) in [6.07, 6.45) is 2.99. The van der Waals surface area contributed by atoms with E-state index in [1.54, 1.807) is 36.4 Å². The number of allylic oxidation sites excluding steroid dienone is 1. The molecule has 0 amide bonds. The molecule has 3 aromatic carbocycles. The maximum atomic E-state index is 9.70. The van der Waals surface area contributed by atoms with Gasteiger partial charge in [-0.3, -0.25) is 0 Å². The van der Waals surface area contributed by atoms with Crippen molar-refractivity contribution in [1.82, 2.24) is 0 Å². The molecule has 0 fully saturated rings. The molecule has 3 N–H and O–H groups in total. The molecule has 0 heterocycles. The summed E-state index contributed by atoms with van der Waals surface area (Å²) in [6, 6.07) is 21.6. The fraction of sp³-hybridized carbons (Fsp3) is 0.167. The third kappa shape index (κ3) is 4.50. The van der Waals surface area contributed by atoms with Crippen molar-refractivity contribution >= 4 is 11.1 Å². The minimum absolute atomic E-state index is 0.226. The number of unbranched alkanes of at least 4 members (excludes halogenated alkanes) is 1. The third-order valence-corrected chi connectivity index (χ3v) is 4.61. The van der Waals surface area contributed by atoms with E-state index >= 15 is 0 Å². The molecule has 3 aromatic rings. The van der Waals surface area contributed by atoms with Gasteiger partial charge in [0.15, 0.2) is 0 Å². The fourth-order valence-corrected chi connectivity index (χ4v) is 3.20. The molecule has 0 spiro atoms. The van der Waals surface area contributed by atoms with Gasteiger partial charge in [0.05, 0.1) is 0 Å². The molecule has 0 atom stereocenters. The van der Waals surface area contributed by atoms with Crippen molar-refractivity contribution in [2.75, 3.05) is 0 Å². The molecule has 0 aliphatic heterocycles. The average Bonchev–Trinajstić information content (AvgIpc) is 2.68. The van der Waals surface area contributed by atoms with Crippen LogP contribution in [0.25, 0.3) is 11.1 Å². The van der Waals surface area contributed by atoms with E-state index in [2.05, 4.69) is 6.92 Å². The van der Waals surface area contributed by atoms with E-state index < -0.39 is 0 Å². The zero-order valence-corrected chi connectivity index (χ0v) is 15.4. The first-order chi connectivity index (χ1) is 13.1. The Morgan fingerprint density at radius 2 is 0.963 bits per heavy atom. The van der Waals surface area contributed by atoms with Crippen LogP contribution in [0.5, 0.6) is 17.2 Å². The summed E-state index contributed by atoms with van der Waals surface area (Å²) < 4.78 is 0.